The van der Waals surface area contributed by atoms with Crippen LogP contribution in [-0.2, 0) is 17.9 Å². The Labute approximate surface area is 204 Å². The molecule has 5 rings (SSSR count). The fourth-order valence-electron chi connectivity index (χ4n) is 5.04. The Hall–Kier alpha value is -3.34. The molecule has 1 spiro atoms. The molecule has 0 radical (unpaired) electrons. The van der Waals surface area contributed by atoms with Crippen LogP contribution >= 0.6 is 11.6 Å². The standard InChI is InChI=1S/C26H27ClN6O/c1-19-12-22(6-7-24(19)27)33-18-30-25(34)26(33)8-10-31(11-9-26)16-23-14-29-17-32(23)15-21-4-2-20(13-28)3-5-21/h2-7,12,14,17H,8-11,15-16,18H2,1H3,(H,30,34). The number of hydrogen-bond acceptors (Lipinski definition) is 5. The van der Waals surface area contributed by atoms with E-state index in [1.54, 1.807) is 0 Å². The van der Waals surface area contributed by atoms with E-state index in [0.717, 1.165) is 60.0 Å². The minimum atomic E-state index is -0.514. The summed E-state index contributed by atoms with van der Waals surface area (Å²) in [6.07, 6.45) is 5.31. The van der Waals surface area contributed by atoms with Crippen LogP contribution in [0.15, 0.2) is 55.0 Å². The van der Waals surface area contributed by atoms with Crippen molar-refractivity contribution in [1.29, 1.82) is 5.26 Å². The maximum atomic E-state index is 13.0. The molecule has 2 aromatic carbocycles. The molecular formula is C26H27ClN6O. The second-order valence-electron chi connectivity index (χ2n) is 9.15. The van der Waals surface area contributed by atoms with Gasteiger partial charge >= 0.3 is 0 Å². The molecule has 174 valence electrons. The summed E-state index contributed by atoms with van der Waals surface area (Å²) in [6.45, 7) is 5.68. The van der Waals surface area contributed by atoms with Gasteiger partial charge in [0.25, 0.3) is 0 Å². The number of piperidine rings is 1. The number of benzene rings is 2. The molecule has 1 N–H and O–H groups in total. The molecular weight excluding hydrogens is 448 g/mol. The van der Waals surface area contributed by atoms with Crippen molar-refractivity contribution in [2.75, 3.05) is 24.7 Å². The minimum Gasteiger partial charge on any atom is -0.339 e. The number of nitrogens with zero attached hydrogens (tertiary/aromatic N) is 5. The van der Waals surface area contributed by atoms with E-state index in [2.05, 4.69) is 36.8 Å². The zero-order chi connectivity index (χ0) is 23.7. The summed E-state index contributed by atoms with van der Waals surface area (Å²) in [4.78, 5) is 22.0. The number of rotatable bonds is 5. The van der Waals surface area contributed by atoms with Gasteiger partial charge in [-0.05, 0) is 61.2 Å². The van der Waals surface area contributed by atoms with Crippen molar-refractivity contribution < 1.29 is 4.79 Å². The lowest BCUT2D eigenvalue weighted by Crippen LogP contribution is -2.56. The molecule has 0 bridgehead atoms. The third-order valence-corrected chi connectivity index (χ3v) is 7.52. The molecule has 2 aliphatic rings. The van der Waals surface area contributed by atoms with Crippen molar-refractivity contribution in [3.8, 4) is 6.07 Å². The van der Waals surface area contributed by atoms with Gasteiger partial charge in [-0.25, -0.2) is 4.98 Å². The number of aromatic nitrogens is 2. The van der Waals surface area contributed by atoms with Crippen LogP contribution in [0.25, 0.3) is 0 Å². The molecule has 8 heteroatoms. The first-order valence-electron chi connectivity index (χ1n) is 11.5. The number of likely N-dealkylation sites (tertiary alicyclic amines) is 1. The largest absolute Gasteiger partial charge is 0.339 e. The van der Waals surface area contributed by atoms with Crippen molar-refractivity contribution in [1.82, 2.24) is 19.8 Å². The maximum Gasteiger partial charge on any atom is 0.247 e. The zero-order valence-electron chi connectivity index (χ0n) is 19.2. The van der Waals surface area contributed by atoms with Crippen LogP contribution in [0.5, 0.6) is 0 Å². The molecule has 2 aliphatic heterocycles. The number of amides is 1. The first-order chi connectivity index (χ1) is 16.5. The van der Waals surface area contributed by atoms with Gasteiger partial charge in [0.1, 0.15) is 5.54 Å². The fraction of sp³-hybridized carbons (Fsp3) is 0.346. The van der Waals surface area contributed by atoms with Crippen LogP contribution in [0.3, 0.4) is 0 Å². The predicted octanol–water partition coefficient (Wildman–Crippen LogP) is 3.69. The number of halogens is 1. The molecule has 2 fully saturated rings. The summed E-state index contributed by atoms with van der Waals surface area (Å²) in [5.74, 6) is 0.116. The number of carbonyl (C=O) groups excluding carboxylic acids is 1. The number of imidazole rings is 1. The molecule has 0 aliphatic carbocycles. The average molecular weight is 475 g/mol. The Morgan fingerprint density at radius 1 is 1.15 bits per heavy atom. The minimum absolute atomic E-state index is 0.116. The fourth-order valence-corrected chi connectivity index (χ4v) is 5.15. The van der Waals surface area contributed by atoms with E-state index >= 15 is 0 Å². The Kier molecular flexibility index (Phi) is 6.03. The molecule has 1 aromatic heterocycles. The molecule has 2 saturated heterocycles. The number of nitrogens with one attached hydrogen (secondary N) is 1. The smallest absolute Gasteiger partial charge is 0.247 e. The number of carbonyl (C=O) groups is 1. The molecule has 0 unspecified atom stereocenters. The van der Waals surface area contributed by atoms with Crippen molar-refractivity contribution in [2.24, 2.45) is 0 Å². The van der Waals surface area contributed by atoms with Crippen molar-refractivity contribution in [3.05, 3.63) is 82.4 Å². The summed E-state index contributed by atoms with van der Waals surface area (Å²) in [7, 11) is 0. The normalized spacial score (nSPS) is 17.7. The van der Waals surface area contributed by atoms with E-state index in [1.165, 1.54) is 0 Å². The topological polar surface area (TPSA) is 77.2 Å². The molecule has 0 atom stereocenters. The van der Waals surface area contributed by atoms with Gasteiger partial charge in [-0.15, -0.1) is 0 Å². The lowest BCUT2D eigenvalue weighted by atomic mass is 9.85. The second kappa shape index (κ2) is 9.13. The molecule has 34 heavy (non-hydrogen) atoms. The number of nitriles is 1. The zero-order valence-corrected chi connectivity index (χ0v) is 19.9. The Morgan fingerprint density at radius 3 is 2.62 bits per heavy atom. The third kappa shape index (κ3) is 4.15. The highest BCUT2D eigenvalue weighted by Crippen LogP contribution is 2.37. The molecule has 7 nitrogen and oxygen atoms in total. The van der Waals surface area contributed by atoms with Crippen LogP contribution in [0, 0.1) is 18.3 Å². The van der Waals surface area contributed by atoms with Gasteiger partial charge in [-0.1, -0.05) is 23.7 Å². The van der Waals surface area contributed by atoms with Gasteiger partial charge in [0, 0.05) is 43.1 Å². The van der Waals surface area contributed by atoms with Crippen LogP contribution in [-0.4, -0.2) is 45.7 Å². The second-order valence-corrected chi connectivity index (χ2v) is 9.56. The van der Waals surface area contributed by atoms with E-state index in [-0.39, 0.29) is 5.91 Å². The lowest BCUT2D eigenvalue weighted by molar-refractivity contribution is -0.125. The highest BCUT2D eigenvalue weighted by molar-refractivity contribution is 6.31. The van der Waals surface area contributed by atoms with Crippen LogP contribution in [0.1, 0.15) is 35.2 Å². The van der Waals surface area contributed by atoms with E-state index in [1.807, 2.05) is 55.8 Å². The van der Waals surface area contributed by atoms with Gasteiger partial charge in [0.2, 0.25) is 5.91 Å². The van der Waals surface area contributed by atoms with Crippen LogP contribution in [0.2, 0.25) is 5.02 Å². The van der Waals surface area contributed by atoms with Gasteiger partial charge < -0.3 is 14.8 Å². The van der Waals surface area contributed by atoms with Gasteiger partial charge in [0.15, 0.2) is 0 Å². The van der Waals surface area contributed by atoms with E-state index in [0.29, 0.717) is 18.8 Å². The summed E-state index contributed by atoms with van der Waals surface area (Å²) >= 11 is 6.23. The molecule has 3 heterocycles. The van der Waals surface area contributed by atoms with Crippen molar-refractivity contribution in [2.45, 2.75) is 38.4 Å². The summed E-state index contributed by atoms with van der Waals surface area (Å²) in [5.41, 5.74) is 4.47. The number of anilines is 1. The molecule has 3 aromatic rings. The van der Waals surface area contributed by atoms with Gasteiger partial charge in [-0.2, -0.15) is 5.26 Å². The molecule has 1 amide bonds. The highest BCUT2D eigenvalue weighted by Gasteiger charge is 2.50. The third-order valence-electron chi connectivity index (χ3n) is 7.09. The van der Waals surface area contributed by atoms with E-state index in [4.69, 9.17) is 16.9 Å². The Morgan fingerprint density at radius 2 is 1.91 bits per heavy atom. The quantitative estimate of drug-likeness (QED) is 0.610. The van der Waals surface area contributed by atoms with Crippen LogP contribution in [0.4, 0.5) is 5.69 Å². The summed E-state index contributed by atoms with van der Waals surface area (Å²) in [6, 6.07) is 15.8. The number of aryl methyl sites for hydroxylation is 1. The summed E-state index contributed by atoms with van der Waals surface area (Å²) in [5, 5.41) is 12.8. The first-order valence-corrected chi connectivity index (χ1v) is 11.9. The first kappa shape index (κ1) is 22.5. The maximum absolute atomic E-state index is 13.0. The van der Waals surface area contributed by atoms with Crippen LogP contribution < -0.4 is 10.2 Å². The molecule has 0 saturated carbocycles. The predicted molar refractivity (Wildman–Crippen MR) is 131 cm³/mol. The van der Waals surface area contributed by atoms with E-state index in [9.17, 15) is 4.79 Å². The Bertz CT molecular complexity index is 1240. The highest BCUT2D eigenvalue weighted by atomic mass is 35.5. The number of hydrogen-bond donors (Lipinski definition) is 1. The van der Waals surface area contributed by atoms with Crippen molar-refractivity contribution in [3.63, 3.8) is 0 Å². The summed E-state index contributed by atoms with van der Waals surface area (Å²) < 4.78 is 2.15. The SMILES string of the molecule is Cc1cc(N2CNC(=O)C23CCN(Cc2cncn2Cc2ccc(C#N)cc2)CC3)ccc1Cl. The lowest BCUT2D eigenvalue weighted by Gasteiger charge is -2.43. The van der Waals surface area contributed by atoms with E-state index < -0.39 is 5.54 Å². The van der Waals surface area contributed by atoms with Gasteiger partial charge in [-0.3, -0.25) is 9.69 Å². The monoisotopic (exact) mass is 474 g/mol. The average Bonchev–Trinajstić information content (AvgIpc) is 3.41. The van der Waals surface area contributed by atoms with Gasteiger partial charge in [0.05, 0.1) is 30.3 Å². The Balaban J connectivity index is 1.26. The van der Waals surface area contributed by atoms with Crippen molar-refractivity contribution >= 4 is 23.2 Å².